The van der Waals surface area contributed by atoms with E-state index in [1.165, 1.54) is 12.5 Å². The largest absolute Gasteiger partial charge is 0.465 e. The Hall–Kier alpha value is -1.17. The van der Waals surface area contributed by atoms with Crippen molar-refractivity contribution in [2.75, 3.05) is 20.3 Å². The summed E-state index contributed by atoms with van der Waals surface area (Å²) in [5.41, 5.74) is 3.14. The lowest BCUT2D eigenvalue weighted by atomic mass is 9.69. The quantitative estimate of drug-likeness (QED) is 0.555. The number of hydrogen-bond donors (Lipinski definition) is 2. The molecule has 0 aliphatic heterocycles. The zero-order valence-electron chi connectivity index (χ0n) is 17.9. The first-order chi connectivity index (χ1) is 13.2. The van der Waals surface area contributed by atoms with Gasteiger partial charge in [-0.25, -0.2) is 0 Å². The zero-order valence-corrected chi connectivity index (χ0v) is 17.9. The maximum Gasteiger partial charge on any atom is 0.302 e. The minimum atomic E-state index is -0.519. The SMILES string of the molecule is COC[C@H]1CC[C@@H]2/C1=C\[C@]1(C)C(=C([C@H](C)COC(C)=O)C[C@@H]1O)C[C@H](O)[C@@H]2C. The normalized spacial score (nSPS) is 40.8. The number of aliphatic hydroxyl groups is 2. The van der Waals surface area contributed by atoms with Gasteiger partial charge in [-0.1, -0.05) is 36.6 Å². The monoisotopic (exact) mass is 392 g/mol. The second kappa shape index (κ2) is 8.29. The van der Waals surface area contributed by atoms with E-state index in [0.29, 0.717) is 37.9 Å². The summed E-state index contributed by atoms with van der Waals surface area (Å²) in [5.74, 6) is 0.625. The molecule has 3 rings (SSSR count). The van der Waals surface area contributed by atoms with E-state index in [1.807, 2.05) is 6.92 Å². The average molecular weight is 393 g/mol. The summed E-state index contributed by atoms with van der Waals surface area (Å²) in [4.78, 5) is 11.2. The van der Waals surface area contributed by atoms with Crippen LogP contribution >= 0.6 is 0 Å². The van der Waals surface area contributed by atoms with Crippen molar-refractivity contribution in [3.63, 3.8) is 0 Å². The third-order valence-electron chi connectivity index (χ3n) is 7.49. The number of ether oxygens (including phenoxy) is 2. The Labute approximate surface area is 168 Å². The summed E-state index contributed by atoms with van der Waals surface area (Å²) in [7, 11) is 1.74. The molecule has 0 radical (unpaired) electrons. The highest BCUT2D eigenvalue weighted by Gasteiger charge is 2.49. The summed E-state index contributed by atoms with van der Waals surface area (Å²) in [6.07, 6.45) is 4.63. The van der Waals surface area contributed by atoms with Gasteiger partial charge in [0.05, 0.1) is 25.4 Å². The van der Waals surface area contributed by atoms with Crippen molar-refractivity contribution in [2.45, 2.75) is 65.6 Å². The lowest BCUT2D eigenvalue weighted by Gasteiger charge is -2.38. The number of rotatable bonds is 5. The number of aliphatic hydroxyl groups excluding tert-OH is 2. The first kappa shape index (κ1) is 21.5. The molecule has 28 heavy (non-hydrogen) atoms. The molecule has 0 spiro atoms. The van der Waals surface area contributed by atoms with Crippen molar-refractivity contribution >= 4 is 5.97 Å². The van der Waals surface area contributed by atoms with Gasteiger partial charge < -0.3 is 19.7 Å². The maximum atomic E-state index is 11.2. The van der Waals surface area contributed by atoms with Crippen LogP contribution in [0.15, 0.2) is 22.8 Å². The topological polar surface area (TPSA) is 76.0 Å². The van der Waals surface area contributed by atoms with Crippen molar-refractivity contribution < 1.29 is 24.5 Å². The van der Waals surface area contributed by atoms with Gasteiger partial charge in [-0.15, -0.1) is 0 Å². The smallest absolute Gasteiger partial charge is 0.302 e. The van der Waals surface area contributed by atoms with Crippen LogP contribution in [-0.2, 0) is 14.3 Å². The van der Waals surface area contributed by atoms with Crippen LogP contribution in [0.5, 0.6) is 0 Å². The third kappa shape index (κ3) is 3.81. The number of hydrogen-bond acceptors (Lipinski definition) is 5. The highest BCUT2D eigenvalue weighted by Crippen LogP contribution is 2.54. The van der Waals surface area contributed by atoms with E-state index in [1.54, 1.807) is 7.11 Å². The van der Waals surface area contributed by atoms with Crippen LogP contribution in [0.4, 0.5) is 0 Å². The van der Waals surface area contributed by atoms with Gasteiger partial charge in [0.25, 0.3) is 0 Å². The van der Waals surface area contributed by atoms with Crippen molar-refractivity contribution in [1.82, 2.24) is 0 Å². The summed E-state index contributed by atoms with van der Waals surface area (Å²) < 4.78 is 10.7. The van der Waals surface area contributed by atoms with E-state index < -0.39 is 17.6 Å². The van der Waals surface area contributed by atoms with Crippen LogP contribution in [0, 0.1) is 29.1 Å². The fraction of sp³-hybridized carbons (Fsp3) is 0.783. The molecule has 3 aliphatic carbocycles. The van der Waals surface area contributed by atoms with Crippen LogP contribution in [0.1, 0.15) is 53.4 Å². The summed E-state index contributed by atoms with van der Waals surface area (Å²) in [6, 6.07) is 0. The highest BCUT2D eigenvalue weighted by molar-refractivity contribution is 5.65. The van der Waals surface area contributed by atoms with E-state index in [2.05, 4.69) is 19.9 Å². The molecule has 0 aromatic heterocycles. The Balaban J connectivity index is 2.03. The van der Waals surface area contributed by atoms with Crippen LogP contribution in [0.3, 0.4) is 0 Å². The molecule has 3 aliphatic rings. The fourth-order valence-electron chi connectivity index (χ4n) is 5.66. The van der Waals surface area contributed by atoms with Crippen LogP contribution < -0.4 is 0 Å². The number of esters is 1. The number of carbonyl (C=O) groups excluding carboxylic acids is 1. The summed E-state index contributed by atoms with van der Waals surface area (Å²) in [6.45, 7) is 8.71. The molecule has 1 saturated carbocycles. The molecule has 0 heterocycles. The molecule has 0 bridgehead atoms. The number of carbonyl (C=O) groups is 1. The van der Waals surface area contributed by atoms with Gasteiger partial charge in [-0.05, 0) is 44.4 Å². The van der Waals surface area contributed by atoms with Crippen molar-refractivity contribution in [3.05, 3.63) is 22.8 Å². The first-order valence-electron chi connectivity index (χ1n) is 10.6. The van der Waals surface area contributed by atoms with E-state index >= 15 is 0 Å². The van der Waals surface area contributed by atoms with E-state index in [0.717, 1.165) is 24.0 Å². The van der Waals surface area contributed by atoms with Crippen LogP contribution in [-0.4, -0.2) is 48.7 Å². The Kier molecular flexibility index (Phi) is 6.38. The van der Waals surface area contributed by atoms with Gasteiger partial charge in [0.1, 0.15) is 0 Å². The van der Waals surface area contributed by atoms with Crippen molar-refractivity contribution in [3.8, 4) is 0 Å². The molecule has 0 saturated heterocycles. The second-order valence-electron chi connectivity index (χ2n) is 9.32. The van der Waals surface area contributed by atoms with Crippen LogP contribution in [0.2, 0.25) is 0 Å². The predicted octanol–water partition coefficient (Wildman–Crippen LogP) is 3.25. The first-order valence-corrected chi connectivity index (χ1v) is 10.6. The van der Waals surface area contributed by atoms with Crippen molar-refractivity contribution in [2.24, 2.45) is 29.1 Å². The van der Waals surface area contributed by atoms with Gasteiger partial charge in [-0.3, -0.25) is 4.79 Å². The molecule has 5 heteroatoms. The van der Waals surface area contributed by atoms with Gasteiger partial charge in [0.2, 0.25) is 0 Å². The average Bonchev–Trinajstić information content (AvgIpc) is 3.12. The molecule has 158 valence electrons. The van der Waals surface area contributed by atoms with E-state index in [-0.39, 0.29) is 17.8 Å². The molecule has 2 N–H and O–H groups in total. The molecule has 0 aromatic carbocycles. The van der Waals surface area contributed by atoms with E-state index in [4.69, 9.17) is 9.47 Å². The van der Waals surface area contributed by atoms with Gasteiger partial charge >= 0.3 is 5.97 Å². The van der Waals surface area contributed by atoms with Crippen LogP contribution in [0.25, 0.3) is 0 Å². The molecule has 0 unspecified atom stereocenters. The summed E-state index contributed by atoms with van der Waals surface area (Å²) in [5, 5.41) is 22.1. The standard InChI is InChI=1S/C23H36O5/c1-13(11-28-15(3)24)18-8-22(26)23(4)10-19-16(12-27-5)6-7-17(19)14(2)21(25)9-20(18)23/h10,13-14,16-17,21-22,25-26H,6-9,11-12H2,1-5H3/b19-10-/t13-,14-,16-,17+,21+,22+,23-/m1/s1. The Morgan fingerprint density at radius 3 is 2.68 bits per heavy atom. The van der Waals surface area contributed by atoms with Gasteiger partial charge in [0, 0.05) is 31.3 Å². The second-order valence-corrected chi connectivity index (χ2v) is 9.32. The van der Waals surface area contributed by atoms with Gasteiger partial charge in [-0.2, -0.15) is 0 Å². The summed E-state index contributed by atoms with van der Waals surface area (Å²) >= 11 is 0. The molecule has 1 fully saturated rings. The predicted molar refractivity (Wildman–Crippen MR) is 108 cm³/mol. The molecule has 7 atom stereocenters. The minimum Gasteiger partial charge on any atom is -0.465 e. The lowest BCUT2D eigenvalue weighted by Crippen LogP contribution is -2.36. The Bertz CT molecular complexity index is 666. The van der Waals surface area contributed by atoms with Gasteiger partial charge in [0.15, 0.2) is 0 Å². The number of methoxy groups -OCH3 is 1. The molecule has 0 aromatic rings. The minimum absolute atomic E-state index is 0.0323. The molecular formula is C23H36O5. The highest BCUT2D eigenvalue weighted by atomic mass is 16.5. The molecule has 5 nitrogen and oxygen atoms in total. The lowest BCUT2D eigenvalue weighted by molar-refractivity contribution is -0.141. The zero-order chi connectivity index (χ0) is 20.6. The third-order valence-corrected chi connectivity index (χ3v) is 7.49. The number of fused-ring (bicyclic) bond motifs is 2. The van der Waals surface area contributed by atoms with Crippen molar-refractivity contribution in [1.29, 1.82) is 0 Å². The maximum absolute atomic E-state index is 11.2. The molecule has 0 amide bonds. The fourth-order valence-corrected chi connectivity index (χ4v) is 5.66. The van der Waals surface area contributed by atoms with E-state index in [9.17, 15) is 15.0 Å². The Morgan fingerprint density at radius 1 is 1.32 bits per heavy atom. The molecular weight excluding hydrogens is 356 g/mol. The Morgan fingerprint density at radius 2 is 2.04 bits per heavy atom.